The van der Waals surface area contributed by atoms with Crippen molar-refractivity contribution in [1.29, 1.82) is 0 Å². The maximum atomic E-state index is 10.5. The van der Waals surface area contributed by atoms with E-state index in [9.17, 15) is 14.9 Å². The number of unbranched alkanes of at least 4 members (excludes halogenated alkanes) is 2. The fraction of sp³-hybridized carbons (Fsp3) is 0.875. The fourth-order valence-electron chi connectivity index (χ4n) is 0.968. The van der Waals surface area contributed by atoms with Crippen LogP contribution in [0.3, 0.4) is 0 Å². The molecule has 5 nitrogen and oxygen atoms in total. The van der Waals surface area contributed by atoms with E-state index in [1.54, 1.807) is 0 Å². The van der Waals surface area contributed by atoms with Crippen molar-refractivity contribution in [3.05, 3.63) is 10.1 Å². The molecule has 0 N–H and O–H groups in total. The number of carbonyl (C=O) groups is 1. The molecule has 0 saturated carbocycles. The van der Waals surface area contributed by atoms with Gasteiger partial charge in [-0.1, -0.05) is 19.8 Å². The zero-order valence-electron chi connectivity index (χ0n) is 7.99. The minimum absolute atomic E-state index is 0.306. The van der Waals surface area contributed by atoms with Gasteiger partial charge in [0.1, 0.15) is 0 Å². The van der Waals surface area contributed by atoms with E-state index in [-0.39, 0.29) is 0 Å². The highest BCUT2D eigenvalue weighted by Gasteiger charge is 2.21. The van der Waals surface area contributed by atoms with Crippen molar-refractivity contribution < 1.29 is 14.5 Å². The zero-order valence-corrected chi connectivity index (χ0v) is 7.99. The number of carbonyl (C=O) groups excluding carboxylic acids is 1. The third-order valence-electron chi connectivity index (χ3n) is 1.59. The molecule has 1 atom stereocenters. The monoisotopic (exact) mass is 189 g/mol. The molecule has 0 aliphatic carbocycles. The number of nitro groups is 1. The van der Waals surface area contributed by atoms with Crippen LogP contribution in [0.25, 0.3) is 0 Å². The summed E-state index contributed by atoms with van der Waals surface area (Å²) in [5.74, 6) is -0.599. The lowest BCUT2D eigenvalue weighted by atomic mass is 10.2. The van der Waals surface area contributed by atoms with Crippen molar-refractivity contribution >= 4 is 5.97 Å². The van der Waals surface area contributed by atoms with Crippen molar-refractivity contribution in [1.82, 2.24) is 0 Å². The lowest BCUT2D eigenvalue weighted by Crippen LogP contribution is -2.25. The SMILES string of the molecule is CCCCCC(OC(C)=O)[N+](=O)[O-]. The molecular weight excluding hydrogens is 174 g/mol. The summed E-state index contributed by atoms with van der Waals surface area (Å²) in [6.45, 7) is 3.18. The van der Waals surface area contributed by atoms with Crippen molar-refractivity contribution in [3.63, 3.8) is 0 Å². The second kappa shape index (κ2) is 6.39. The van der Waals surface area contributed by atoms with Gasteiger partial charge in [-0.05, 0) is 6.42 Å². The van der Waals surface area contributed by atoms with E-state index in [4.69, 9.17) is 0 Å². The molecular formula is C8H15NO4. The molecule has 0 aromatic heterocycles. The Labute approximate surface area is 77.2 Å². The maximum Gasteiger partial charge on any atom is 0.355 e. The molecule has 0 aromatic rings. The molecule has 0 aliphatic heterocycles. The molecule has 13 heavy (non-hydrogen) atoms. The normalized spacial score (nSPS) is 12.2. The minimum atomic E-state index is -1.16. The van der Waals surface area contributed by atoms with Gasteiger partial charge in [-0.25, -0.2) is 0 Å². The number of rotatable bonds is 6. The number of ether oxygens (including phenoxy) is 1. The largest absolute Gasteiger partial charge is 0.398 e. The third kappa shape index (κ3) is 6.07. The molecule has 0 amide bonds. The first-order valence-corrected chi connectivity index (χ1v) is 4.38. The first-order valence-electron chi connectivity index (χ1n) is 4.38. The van der Waals surface area contributed by atoms with Gasteiger partial charge in [0.2, 0.25) is 0 Å². The summed E-state index contributed by atoms with van der Waals surface area (Å²) >= 11 is 0. The number of hydrogen-bond acceptors (Lipinski definition) is 4. The van der Waals surface area contributed by atoms with Crippen molar-refractivity contribution in [2.75, 3.05) is 0 Å². The summed E-state index contributed by atoms with van der Waals surface area (Å²) in [6, 6.07) is 0. The van der Waals surface area contributed by atoms with Crippen LogP contribution < -0.4 is 0 Å². The van der Waals surface area contributed by atoms with Crippen LogP contribution in [-0.2, 0) is 9.53 Å². The molecule has 0 radical (unpaired) electrons. The number of nitrogens with zero attached hydrogens (tertiary/aromatic N) is 1. The molecule has 0 saturated heterocycles. The van der Waals surface area contributed by atoms with E-state index in [2.05, 4.69) is 4.74 Å². The Morgan fingerprint density at radius 3 is 2.54 bits per heavy atom. The Morgan fingerprint density at radius 1 is 1.54 bits per heavy atom. The van der Waals surface area contributed by atoms with Gasteiger partial charge in [0.25, 0.3) is 0 Å². The first kappa shape index (κ1) is 11.9. The second-order valence-corrected chi connectivity index (χ2v) is 2.85. The van der Waals surface area contributed by atoms with E-state index in [1.165, 1.54) is 6.92 Å². The topological polar surface area (TPSA) is 69.4 Å². The zero-order chi connectivity index (χ0) is 10.3. The van der Waals surface area contributed by atoms with Crippen molar-refractivity contribution in [2.45, 2.75) is 45.8 Å². The van der Waals surface area contributed by atoms with E-state index in [0.717, 1.165) is 19.3 Å². The summed E-state index contributed by atoms with van der Waals surface area (Å²) in [4.78, 5) is 20.3. The fourth-order valence-corrected chi connectivity index (χ4v) is 0.968. The Bertz CT molecular complexity index is 181. The van der Waals surface area contributed by atoms with Gasteiger partial charge >= 0.3 is 12.2 Å². The maximum absolute atomic E-state index is 10.5. The van der Waals surface area contributed by atoms with Gasteiger partial charge in [-0.2, -0.15) is 0 Å². The van der Waals surface area contributed by atoms with Crippen LogP contribution in [-0.4, -0.2) is 17.1 Å². The van der Waals surface area contributed by atoms with Gasteiger partial charge in [0, 0.05) is 6.92 Å². The van der Waals surface area contributed by atoms with Gasteiger partial charge in [0.05, 0.1) is 11.3 Å². The lowest BCUT2D eigenvalue weighted by Gasteiger charge is -2.08. The number of hydrogen-bond donors (Lipinski definition) is 0. The Morgan fingerprint density at radius 2 is 2.15 bits per heavy atom. The van der Waals surface area contributed by atoms with Gasteiger partial charge < -0.3 is 4.74 Å². The smallest absolute Gasteiger partial charge is 0.355 e. The average Bonchev–Trinajstić information content (AvgIpc) is 2.02. The van der Waals surface area contributed by atoms with Gasteiger partial charge in [0.15, 0.2) is 0 Å². The summed E-state index contributed by atoms with van der Waals surface area (Å²) in [5, 5.41) is 10.4. The van der Waals surface area contributed by atoms with Gasteiger partial charge in [-0.3, -0.25) is 14.9 Å². The highest BCUT2D eigenvalue weighted by atomic mass is 16.7. The summed E-state index contributed by atoms with van der Waals surface area (Å²) in [6.07, 6.45) is 1.77. The van der Waals surface area contributed by atoms with E-state index < -0.39 is 17.1 Å². The predicted octanol–water partition coefficient (Wildman–Crippen LogP) is 1.73. The quantitative estimate of drug-likeness (QED) is 0.210. The Balaban J connectivity index is 3.81. The molecule has 0 heterocycles. The summed E-state index contributed by atoms with van der Waals surface area (Å²) in [7, 11) is 0. The van der Waals surface area contributed by atoms with Crippen LogP contribution in [0, 0.1) is 10.1 Å². The molecule has 76 valence electrons. The van der Waals surface area contributed by atoms with Crippen LogP contribution in [0.1, 0.15) is 39.5 Å². The first-order chi connectivity index (χ1) is 6.07. The average molecular weight is 189 g/mol. The van der Waals surface area contributed by atoms with Crippen molar-refractivity contribution in [3.8, 4) is 0 Å². The van der Waals surface area contributed by atoms with Crippen LogP contribution in [0.15, 0.2) is 0 Å². The molecule has 0 aliphatic rings. The van der Waals surface area contributed by atoms with E-state index >= 15 is 0 Å². The van der Waals surface area contributed by atoms with Crippen LogP contribution in [0.4, 0.5) is 0 Å². The number of esters is 1. The van der Waals surface area contributed by atoms with Gasteiger partial charge in [-0.15, -0.1) is 0 Å². The van der Waals surface area contributed by atoms with E-state index in [0.29, 0.717) is 6.42 Å². The third-order valence-corrected chi connectivity index (χ3v) is 1.59. The Hall–Kier alpha value is -1.13. The molecule has 0 fully saturated rings. The lowest BCUT2D eigenvalue weighted by molar-refractivity contribution is -0.569. The standard InChI is InChI=1S/C8H15NO4/c1-3-4-5-6-8(9(11)12)13-7(2)10/h8H,3-6H2,1-2H3. The van der Waals surface area contributed by atoms with Crippen molar-refractivity contribution in [2.24, 2.45) is 0 Å². The predicted molar refractivity (Wildman–Crippen MR) is 46.7 cm³/mol. The second-order valence-electron chi connectivity index (χ2n) is 2.85. The summed E-state index contributed by atoms with van der Waals surface area (Å²) in [5.41, 5.74) is 0. The molecule has 0 bridgehead atoms. The molecule has 0 aromatic carbocycles. The molecule has 5 heteroatoms. The molecule has 0 rings (SSSR count). The Kier molecular flexibility index (Phi) is 5.84. The van der Waals surface area contributed by atoms with E-state index in [1.807, 2.05) is 6.92 Å². The minimum Gasteiger partial charge on any atom is -0.398 e. The van der Waals surface area contributed by atoms with Crippen LogP contribution in [0.2, 0.25) is 0 Å². The highest BCUT2D eigenvalue weighted by molar-refractivity contribution is 5.65. The molecule has 1 unspecified atom stereocenters. The molecule has 0 spiro atoms. The summed E-state index contributed by atoms with van der Waals surface area (Å²) < 4.78 is 4.52. The highest BCUT2D eigenvalue weighted by Crippen LogP contribution is 2.07. The van der Waals surface area contributed by atoms with Crippen LogP contribution >= 0.6 is 0 Å². The van der Waals surface area contributed by atoms with Crippen LogP contribution in [0.5, 0.6) is 0 Å².